The van der Waals surface area contributed by atoms with Gasteiger partial charge in [-0.05, 0) is 6.92 Å². The number of carboxylic acid groups (broad SMARTS) is 1. The zero-order valence-corrected chi connectivity index (χ0v) is 9.27. The van der Waals surface area contributed by atoms with E-state index in [2.05, 4.69) is 4.52 Å². The predicted molar refractivity (Wildman–Crippen MR) is 45.6 cm³/mol. The van der Waals surface area contributed by atoms with Crippen LogP contribution in [-0.4, -0.2) is 28.4 Å². The van der Waals surface area contributed by atoms with Crippen molar-refractivity contribution in [3.63, 3.8) is 0 Å². The number of aliphatic carboxylic acids is 1. The van der Waals surface area contributed by atoms with Crippen LogP contribution in [0.5, 0.6) is 0 Å². The molecule has 0 amide bonds. The Morgan fingerprint density at radius 3 is 2.40 bits per heavy atom. The van der Waals surface area contributed by atoms with Crippen LogP contribution < -0.4 is 9.79 Å². The maximum absolute atomic E-state index is 10.3. The van der Waals surface area contributed by atoms with Gasteiger partial charge in [0.15, 0.2) is 0 Å². The summed E-state index contributed by atoms with van der Waals surface area (Å²) in [6.45, 7) is 2.08. The minimum Gasteiger partial charge on any atom is -0.790 e. The number of rotatable bonds is 6. The molecular formula is C7H13O7P-2. The maximum atomic E-state index is 10.3. The molecule has 0 aliphatic carbocycles. The number of hydrogen-bond donors (Lipinski definition) is 2. The number of phosphoric ester groups is 1. The Labute approximate surface area is 86.9 Å². The minimum atomic E-state index is -5.08. The molecule has 2 N–H and O–H groups in total. The standard InChI is InChI=1S/C7H15O7P/c1-5(4-14-15(11,12)13)7(2,10)3-6(8)9/h5,10H,3-4H2,1-2H3,(H,8,9)(H2,11,12,13)/p-2/t5?,7-/m0/s1. The Balaban J connectivity index is 4.25. The Hall–Kier alpha value is -0.460. The van der Waals surface area contributed by atoms with Gasteiger partial charge in [-0.15, -0.1) is 0 Å². The largest absolute Gasteiger partial charge is 0.790 e. The number of phosphoric acid groups is 1. The lowest BCUT2D eigenvalue weighted by Crippen LogP contribution is -2.38. The van der Waals surface area contributed by atoms with Crippen molar-refractivity contribution >= 4 is 13.8 Å². The fraction of sp³-hybridized carbons (Fsp3) is 0.857. The van der Waals surface area contributed by atoms with E-state index in [1.54, 1.807) is 0 Å². The molecule has 0 aliphatic rings. The van der Waals surface area contributed by atoms with Crippen molar-refractivity contribution in [2.24, 2.45) is 5.92 Å². The molecule has 2 atom stereocenters. The molecule has 0 bridgehead atoms. The Morgan fingerprint density at radius 1 is 1.60 bits per heavy atom. The highest BCUT2D eigenvalue weighted by Crippen LogP contribution is 2.29. The van der Waals surface area contributed by atoms with Crippen molar-refractivity contribution < 1.29 is 33.9 Å². The summed E-state index contributed by atoms with van der Waals surface area (Å²) in [5, 5.41) is 18.0. The summed E-state index contributed by atoms with van der Waals surface area (Å²) in [7, 11) is -5.08. The van der Waals surface area contributed by atoms with Gasteiger partial charge in [-0.25, -0.2) is 0 Å². The lowest BCUT2D eigenvalue weighted by atomic mass is 9.88. The van der Waals surface area contributed by atoms with Gasteiger partial charge in [0.05, 0.1) is 26.5 Å². The second-order valence-corrected chi connectivity index (χ2v) is 4.72. The molecule has 0 rings (SSSR count). The molecule has 0 aromatic carbocycles. The van der Waals surface area contributed by atoms with Crippen LogP contribution in [0.15, 0.2) is 0 Å². The normalized spacial score (nSPS) is 18.2. The average Bonchev–Trinajstić information content (AvgIpc) is 1.95. The zero-order valence-electron chi connectivity index (χ0n) is 8.37. The summed E-state index contributed by atoms with van der Waals surface area (Å²) in [5.74, 6) is -2.01. The van der Waals surface area contributed by atoms with Gasteiger partial charge in [-0.3, -0.25) is 4.79 Å². The van der Waals surface area contributed by atoms with Gasteiger partial charge in [0.2, 0.25) is 0 Å². The highest BCUT2D eigenvalue weighted by Gasteiger charge is 2.31. The van der Waals surface area contributed by atoms with E-state index in [1.807, 2.05) is 0 Å². The maximum Gasteiger partial charge on any atom is 0.306 e. The first-order valence-electron chi connectivity index (χ1n) is 4.15. The van der Waals surface area contributed by atoms with Crippen LogP contribution in [0.4, 0.5) is 0 Å². The monoisotopic (exact) mass is 240 g/mol. The van der Waals surface area contributed by atoms with Gasteiger partial charge < -0.3 is 29.1 Å². The highest BCUT2D eigenvalue weighted by atomic mass is 31.2. The third kappa shape index (κ3) is 6.59. The SMILES string of the molecule is CC(COP(=O)([O-])[O-])[C@@](C)(O)CC(=O)O. The van der Waals surface area contributed by atoms with Crippen molar-refractivity contribution in [1.29, 1.82) is 0 Å². The molecule has 7 nitrogen and oxygen atoms in total. The summed E-state index contributed by atoms with van der Waals surface area (Å²) in [4.78, 5) is 30.6. The summed E-state index contributed by atoms with van der Waals surface area (Å²) >= 11 is 0. The van der Waals surface area contributed by atoms with Gasteiger partial charge in [0.1, 0.15) is 0 Å². The smallest absolute Gasteiger partial charge is 0.306 e. The van der Waals surface area contributed by atoms with Crippen molar-refractivity contribution in [2.75, 3.05) is 6.61 Å². The van der Waals surface area contributed by atoms with Crippen molar-refractivity contribution in [1.82, 2.24) is 0 Å². The van der Waals surface area contributed by atoms with Gasteiger partial charge in [0.25, 0.3) is 0 Å². The van der Waals surface area contributed by atoms with E-state index < -0.39 is 38.3 Å². The second-order valence-electron chi connectivity index (χ2n) is 3.57. The van der Waals surface area contributed by atoms with Gasteiger partial charge in [0, 0.05) is 5.92 Å². The summed E-state index contributed by atoms with van der Waals surface area (Å²) in [6, 6.07) is 0. The molecule has 90 valence electrons. The molecule has 0 aromatic rings. The zero-order chi connectivity index (χ0) is 12.3. The van der Waals surface area contributed by atoms with Crippen molar-refractivity contribution in [3.05, 3.63) is 0 Å². The molecule has 0 heterocycles. The van der Waals surface area contributed by atoms with E-state index in [1.165, 1.54) is 13.8 Å². The first-order valence-corrected chi connectivity index (χ1v) is 5.61. The third-order valence-corrected chi connectivity index (χ3v) is 2.52. The third-order valence-electron chi connectivity index (χ3n) is 2.05. The Bertz CT molecular complexity index is 269. The van der Waals surface area contributed by atoms with Crippen LogP contribution in [0.25, 0.3) is 0 Å². The van der Waals surface area contributed by atoms with Crippen molar-refractivity contribution in [2.45, 2.75) is 25.9 Å². The lowest BCUT2D eigenvalue weighted by molar-refractivity contribution is -0.342. The topological polar surface area (TPSA) is 130 Å². The van der Waals surface area contributed by atoms with Gasteiger partial charge >= 0.3 is 5.97 Å². The van der Waals surface area contributed by atoms with Crippen LogP contribution in [-0.2, 0) is 13.9 Å². The second kappa shape index (κ2) is 5.05. The van der Waals surface area contributed by atoms with Crippen LogP contribution in [0.2, 0.25) is 0 Å². The van der Waals surface area contributed by atoms with Crippen LogP contribution in [0.3, 0.4) is 0 Å². The van der Waals surface area contributed by atoms with E-state index in [-0.39, 0.29) is 0 Å². The number of carboxylic acids is 1. The van der Waals surface area contributed by atoms with Crippen molar-refractivity contribution in [3.8, 4) is 0 Å². The quantitative estimate of drug-likeness (QED) is 0.551. The summed E-state index contributed by atoms with van der Waals surface area (Å²) in [5.41, 5.74) is -1.62. The minimum absolute atomic E-state index is 0.537. The molecule has 0 aromatic heterocycles. The fourth-order valence-corrected chi connectivity index (χ4v) is 1.27. The average molecular weight is 240 g/mol. The van der Waals surface area contributed by atoms with E-state index in [0.717, 1.165) is 0 Å². The summed E-state index contributed by atoms with van der Waals surface area (Å²) in [6.07, 6.45) is -0.556. The van der Waals surface area contributed by atoms with E-state index in [0.29, 0.717) is 0 Å². The fourth-order valence-electron chi connectivity index (χ4n) is 0.863. The predicted octanol–water partition coefficient (Wildman–Crippen LogP) is -1.31. The Kier molecular flexibility index (Phi) is 4.89. The molecule has 1 unspecified atom stereocenters. The molecule has 0 saturated heterocycles. The number of aliphatic hydroxyl groups is 1. The Morgan fingerprint density at radius 2 is 2.07 bits per heavy atom. The van der Waals surface area contributed by atoms with Crippen LogP contribution >= 0.6 is 7.82 Å². The molecule has 0 radical (unpaired) electrons. The molecular weight excluding hydrogens is 227 g/mol. The van der Waals surface area contributed by atoms with E-state index in [9.17, 15) is 24.3 Å². The molecule has 0 saturated carbocycles. The van der Waals surface area contributed by atoms with Gasteiger partial charge in [-0.2, -0.15) is 0 Å². The molecule has 0 fully saturated rings. The van der Waals surface area contributed by atoms with E-state index in [4.69, 9.17) is 5.11 Å². The number of hydrogen-bond acceptors (Lipinski definition) is 6. The first kappa shape index (κ1) is 14.5. The molecule has 0 aliphatic heterocycles. The van der Waals surface area contributed by atoms with Crippen LogP contribution in [0, 0.1) is 5.92 Å². The lowest BCUT2D eigenvalue weighted by Gasteiger charge is -2.34. The first-order chi connectivity index (χ1) is 6.54. The van der Waals surface area contributed by atoms with Gasteiger partial charge in [-0.1, -0.05) is 6.92 Å². The van der Waals surface area contributed by atoms with E-state index >= 15 is 0 Å². The summed E-state index contributed by atoms with van der Waals surface area (Å²) < 4.78 is 14.1. The molecule has 0 spiro atoms. The number of carbonyl (C=O) groups is 1. The molecule has 15 heavy (non-hydrogen) atoms. The molecule has 8 heteroatoms. The van der Waals surface area contributed by atoms with Crippen LogP contribution in [0.1, 0.15) is 20.3 Å². The highest BCUT2D eigenvalue weighted by molar-refractivity contribution is 7.43.